The fourth-order valence-corrected chi connectivity index (χ4v) is 5.17. The van der Waals surface area contributed by atoms with Gasteiger partial charge in [0.25, 0.3) is 5.91 Å². The number of fused-ring (bicyclic) bond motifs is 3. The van der Waals surface area contributed by atoms with Crippen molar-refractivity contribution in [3.05, 3.63) is 42.5 Å². The third-order valence-electron chi connectivity index (χ3n) is 6.12. The van der Waals surface area contributed by atoms with Gasteiger partial charge in [0.15, 0.2) is 5.41 Å². The number of carbonyl (C=O) groups excluding carboxylic acids is 2. The maximum absolute atomic E-state index is 14.5. The van der Waals surface area contributed by atoms with Gasteiger partial charge in [-0.1, -0.05) is 30.4 Å². The smallest absolute Gasteiger partial charge is 0.406 e. The Morgan fingerprint density at radius 3 is 2.44 bits per heavy atom. The fraction of sp³-hybridized carbons (Fsp3) is 0.421. The summed E-state index contributed by atoms with van der Waals surface area (Å²) in [6.07, 6.45) is -1.95. The Kier molecular flexibility index (Phi) is 3.57. The van der Waals surface area contributed by atoms with Crippen LogP contribution in [0.2, 0.25) is 0 Å². The molecule has 1 amide bonds. The summed E-state index contributed by atoms with van der Waals surface area (Å²) in [7, 11) is 0.917. The maximum Gasteiger partial charge on any atom is 0.406 e. The number of amides is 1. The highest BCUT2D eigenvalue weighted by molar-refractivity contribution is 6.22. The van der Waals surface area contributed by atoms with Gasteiger partial charge in [0.05, 0.1) is 18.5 Å². The van der Waals surface area contributed by atoms with Crippen LogP contribution in [0.1, 0.15) is 13.3 Å². The van der Waals surface area contributed by atoms with E-state index in [0.29, 0.717) is 5.69 Å². The van der Waals surface area contributed by atoms with Crippen molar-refractivity contribution in [3.8, 4) is 0 Å². The number of esters is 1. The van der Waals surface area contributed by atoms with Crippen molar-refractivity contribution in [2.24, 2.45) is 27.8 Å². The quantitative estimate of drug-likeness (QED) is 0.586. The van der Waals surface area contributed by atoms with Gasteiger partial charge in [-0.15, -0.1) is 0 Å². The average Bonchev–Trinajstić information content (AvgIpc) is 3.29. The molecule has 0 N–H and O–H groups in total. The maximum atomic E-state index is 14.5. The topological polar surface area (TPSA) is 59.0 Å². The van der Waals surface area contributed by atoms with Crippen molar-refractivity contribution in [1.29, 1.82) is 0 Å². The molecule has 0 saturated heterocycles. The molecule has 8 heteroatoms. The highest BCUT2D eigenvalue weighted by atomic mass is 19.4. The van der Waals surface area contributed by atoms with Crippen molar-refractivity contribution in [2.45, 2.75) is 19.5 Å². The SMILES string of the molecule is COC(=O)[C@]1(C(F)(F)F)[C@@H]2C=C[C@@H](C2)[C@@]12C(=O)N(c1ccccc1)N=C2C. The molecule has 3 aliphatic rings. The lowest BCUT2D eigenvalue weighted by Gasteiger charge is -2.46. The molecule has 1 aliphatic heterocycles. The number of methoxy groups -OCH3 is 1. The molecule has 1 aromatic carbocycles. The van der Waals surface area contributed by atoms with E-state index in [1.807, 2.05) is 0 Å². The van der Waals surface area contributed by atoms with E-state index < -0.39 is 40.7 Å². The molecule has 1 aromatic rings. The third kappa shape index (κ3) is 1.83. The van der Waals surface area contributed by atoms with Gasteiger partial charge in [-0.2, -0.15) is 23.3 Å². The van der Waals surface area contributed by atoms with Gasteiger partial charge >= 0.3 is 12.1 Å². The van der Waals surface area contributed by atoms with Crippen LogP contribution in [0.15, 0.2) is 47.6 Å². The second-order valence-corrected chi connectivity index (χ2v) is 7.08. The summed E-state index contributed by atoms with van der Waals surface area (Å²) in [4.78, 5) is 26.1. The molecule has 142 valence electrons. The summed E-state index contributed by atoms with van der Waals surface area (Å²) in [6.45, 7) is 1.39. The van der Waals surface area contributed by atoms with Crippen LogP contribution in [-0.4, -0.2) is 30.9 Å². The van der Waals surface area contributed by atoms with Gasteiger partial charge in [0.1, 0.15) is 5.41 Å². The summed E-state index contributed by atoms with van der Waals surface area (Å²) in [5.74, 6) is -4.22. The number of rotatable bonds is 2. The number of allylic oxidation sites excluding steroid dienone is 2. The first-order valence-electron chi connectivity index (χ1n) is 8.51. The van der Waals surface area contributed by atoms with Crippen molar-refractivity contribution >= 4 is 23.3 Å². The lowest BCUT2D eigenvalue weighted by molar-refractivity contribution is -0.258. The van der Waals surface area contributed by atoms with E-state index in [1.165, 1.54) is 13.0 Å². The van der Waals surface area contributed by atoms with Gasteiger partial charge in [-0.05, 0) is 31.4 Å². The van der Waals surface area contributed by atoms with Gasteiger partial charge in [0.2, 0.25) is 0 Å². The molecular formula is C19H17F3N2O3. The number of nitrogens with zero attached hydrogens (tertiary/aromatic N) is 2. The molecule has 1 heterocycles. The Morgan fingerprint density at radius 2 is 1.85 bits per heavy atom. The number of hydrogen-bond donors (Lipinski definition) is 0. The fourth-order valence-electron chi connectivity index (χ4n) is 5.17. The number of alkyl halides is 3. The lowest BCUT2D eigenvalue weighted by Crippen LogP contribution is -2.65. The minimum atomic E-state index is -4.98. The van der Waals surface area contributed by atoms with Gasteiger partial charge in [0, 0.05) is 5.92 Å². The van der Waals surface area contributed by atoms with E-state index in [9.17, 15) is 22.8 Å². The monoisotopic (exact) mass is 378 g/mol. The third-order valence-corrected chi connectivity index (χ3v) is 6.12. The number of halogens is 3. The zero-order chi connectivity index (χ0) is 19.6. The van der Waals surface area contributed by atoms with Crippen molar-refractivity contribution < 1.29 is 27.5 Å². The zero-order valence-corrected chi connectivity index (χ0v) is 14.7. The molecule has 1 saturated carbocycles. The molecular weight excluding hydrogens is 361 g/mol. The van der Waals surface area contributed by atoms with E-state index >= 15 is 0 Å². The zero-order valence-electron chi connectivity index (χ0n) is 14.7. The predicted molar refractivity (Wildman–Crippen MR) is 90.7 cm³/mol. The first kappa shape index (κ1) is 17.8. The number of hydrazone groups is 1. The minimum Gasteiger partial charge on any atom is -0.468 e. The van der Waals surface area contributed by atoms with E-state index in [-0.39, 0.29) is 12.1 Å². The summed E-state index contributed by atoms with van der Waals surface area (Å²) < 4.78 is 48.2. The second kappa shape index (κ2) is 5.43. The van der Waals surface area contributed by atoms with E-state index in [2.05, 4.69) is 9.84 Å². The molecule has 5 nitrogen and oxygen atoms in total. The lowest BCUT2D eigenvalue weighted by atomic mass is 9.55. The number of carbonyl (C=O) groups is 2. The largest absolute Gasteiger partial charge is 0.468 e. The summed E-state index contributed by atoms with van der Waals surface area (Å²) in [6, 6.07) is 8.23. The normalized spacial score (nSPS) is 34.5. The summed E-state index contributed by atoms with van der Waals surface area (Å²) >= 11 is 0. The van der Waals surface area contributed by atoms with Crippen LogP contribution in [0.5, 0.6) is 0 Å². The highest BCUT2D eigenvalue weighted by Gasteiger charge is 2.86. The molecule has 2 bridgehead atoms. The van der Waals surface area contributed by atoms with Crippen LogP contribution in [-0.2, 0) is 14.3 Å². The molecule has 0 unspecified atom stereocenters. The molecule has 4 atom stereocenters. The molecule has 0 radical (unpaired) electrons. The van der Waals surface area contributed by atoms with E-state index in [0.717, 1.165) is 12.1 Å². The van der Waals surface area contributed by atoms with Crippen LogP contribution in [0.3, 0.4) is 0 Å². The Morgan fingerprint density at radius 1 is 1.22 bits per heavy atom. The Bertz CT molecular complexity index is 880. The van der Waals surface area contributed by atoms with Crippen LogP contribution >= 0.6 is 0 Å². The molecule has 27 heavy (non-hydrogen) atoms. The number of ether oxygens (including phenoxy) is 1. The second-order valence-electron chi connectivity index (χ2n) is 7.08. The van der Waals surface area contributed by atoms with Crippen LogP contribution in [0.25, 0.3) is 0 Å². The van der Waals surface area contributed by atoms with Crippen LogP contribution in [0.4, 0.5) is 18.9 Å². The number of benzene rings is 1. The van der Waals surface area contributed by atoms with Crippen LogP contribution < -0.4 is 5.01 Å². The van der Waals surface area contributed by atoms with E-state index in [1.54, 1.807) is 36.4 Å². The molecule has 4 rings (SSSR count). The molecule has 2 aliphatic carbocycles. The standard InChI is InChI=1S/C19H17F3N2O3/c1-11-17(15(25)24(23-11)14-6-4-3-5-7-14)12-8-9-13(10-12)18(17,16(26)27-2)19(20,21)22/h3-9,12-13H,10H2,1-2H3/t12-,13+,17-,18+/m0/s1. The average molecular weight is 378 g/mol. The number of anilines is 1. The molecule has 0 aromatic heterocycles. The van der Waals surface area contributed by atoms with Crippen molar-refractivity contribution in [1.82, 2.24) is 0 Å². The van der Waals surface area contributed by atoms with Crippen molar-refractivity contribution in [3.63, 3.8) is 0 Å². The Balaban J connectivity index is 1.98. The van der Waals surface area contributed by atoms with Gasteiger partial charge in [-0.25, -0.2) is 0 Å². The highest BCUT2D eigenvalue weighted by Crippen LogP contribution is 2.71. The minimum absolute atomic E-state index is 0.0177. The van der Waals surface area contributed by atoms with Crippen molar-refractivity contribution in [2.75, 3.05) is 12.1 Å². The van der Waals surface area contributed by atoms with Gasteiger partial charge < -0.3 is 4.74 Å². The Hall–Kier alpha value is -2.64. The van der Waals surface area contributed by atoms with E-state index in [4.69, 9.17) is 0 Å². The number of hydrogen-bond acceptors (Lipinski definition) is 4. The first-order chi connectivity index (χ1) is 12.7. The number of para-hydroxylation sites is 1. The molecule has 1 fully saturated rings. The van der Waals surface area contributed by atoms with Gasteiger partial charge in [-0.3, -0.25) is 9.59 Å². The Labute approximate surface area is 153 Å². The summed E-state index contributed by atoms with van der Waals surface area (Å²) in [5, 5.41) is 5.16. The first-order valence-corrected chi connectivity index (χ1v) is 8.51. The molecule has 1 spiro atoms. The van der Waals surface area contributed by atoms with Crippen LogP contribution in [0, 0.1) is 22.7 Å². The summed E-state index contributed by atoms with van der Waals surface area (Å²) in [5.41, 5.74) is -4.78. The predicted octanol–water partition coefficient (Wildman–Crippen LogP) is 3.32.